The Kier molecular flexibility index (Phi) is 5.08. The Balaban J connectivity index is 2.07. The highest BCUT2D eigenvalue weighted by Gasteiger charge is 2.23. The first-order chi connectivity index (χ1) is 9.49. The summed E-state index contributed by atoms with van der Waals surface area (Å²) >= 11 is 3.36. The van der Waals surface area contributed by atoms with Crippen LogP contribution in [-0.4, -0.2) is 23.9 Å². The van der Waals surface area contributed by atoms with Gasteiger partial charge in [0.2, 0.25) is 0 Å². The van der Waals surface area contributed by atoms with Gasteiger partial charge in [-0.2, -0.15) is 0 Å². The number of amides is 1. The first kappa shape index (κ1) is 15.4. The van der Waals surface area contributed by atoms with Crippen LogP contribution < -0.4 is 5.73 Å². The van der Waals surface area contributed by atoms with Crippen molar-refractivity contribution in [1.29, 1.82) is 0 Å². The van der Waals surface area contributed by atoms with E-state index in [0.29, 0.717) is 17.2 Å². The van der Waals surface area contributed by atoms with E-state index < -0.39 is 0 Å². The quantitative estimate of drug-likeness (QED) is 0.830. The molecule has 1 aliphatic heterocycles. The fourth-order valence-electron chi connectivity index (χ4n) is 2.85. The van der Waals surface area contributed by atoms with Crippen LogP contribution in [0.15, 0.2) is 22.7 Å². The maximum absolute atomic E-state index is 12.5. The average Bonchev–Trinajstić information content (AvgIpc) is 2.67. The maximum Gasteiger partial charge on any atom is 0.253 e. The third-order valence-corrected chi connectivity index (χ3v) is 4.97. The number of carbonyl (C=O) groups is 1. The molecule has 0 radical (unpaired) electrons. The van der Waals surface area contributed by atoms with Crippen molar-refractivity contribution in [2.45, 2.75) is 33.1 Å². The molecule has 4 heteroatoms. The number of nitrogen functional groups attached to an aromatic ring is 1. The van der Waals surface area contributed by atoms with Crippen LogP contribution in [0.4, 0.5) is 5.69 Å². The molecule has 1 saturated heterocycles. The van der Waals surface area contributed by atoms with Crippen LogP contribution in [0.25, 0.3) is 0 Å². The molecule has 1 amide bonds. The van der Waals surface area contributed by atoms with E-state index in [1.54, 1.807) is 6.07 Å². The summed E-state index contributed by atoms with van der Waals surface area (Å²) in [5.41, 5.74) is 7.17. The zero-order chi connectivity index (χ0) is 14.7. The van der Waals surface area contributed by atoms with Gasteiger partial charge in [0, 0.05) is 28.8 Å². The van der Waals surface area contributed by atoms with Crippen molar-refractivity contribution in [3.63, 3.8) is 0 Å². The van der Waals surface area contributed by atoms with Gasteiger partial charge in [0.05, 0.1) is 0 Å². The summed E-state index contributed by atoms with van der Waals surface area (Å²) in [6.45, 7) is 6.27. The summed E-state index contributed by atoms with van der Waals surface area (Å²) in [5.74, 6) is 1.55. The van der Waals surface area contributed by atoms with Gasteiger partial charge in [-0.05, 0) is 65.2 Å². The van der Waals surface area contributed by atoms with Gasteiger partial charge in [-0.1, -0.05) is 13.8 Å². The van der Waals surface area contributed by atoms with Crippen molar-refractivity contribution in [3.05, 3.63) is 28.2 Å². The summed E-state index contributed by atoms with van der Waals surface area (Å²) in [4.78, 5) is 14.5. The zero-order valence-corrected chi connectivity index (χ0v) is 13.8. The predicted molar refractivity (Wildman–Crippen MR) is 86.6 cm³/mol. The Bertz CT molecular complexity index is 487. The van der Waals surface area contributed by atoms with E-state index >= 15 is 0 Å². The number of rotatable bonds is 2. The third kappa shape index (κ3) is 3.54. The van der Waals surface area contributed by atoms with Crippen molar-refractivity contribution >= 4 is 27.5 Å². The van der Waals surface area contributed by atoms with E-state index in [9.17, 15) is 4.79 Å². The minimum Gasteiger partial charge on any atom is -0.398 e. The molecule has 3 nitrogen and oxygen atoms in total. The second kappa shape index (κ2) is 6.61. The molecule has 0 aromatic heterocycles. The highest BCUT2D eigenvalue weighted by molar-refractivity contribution is 9.10. The van der Waals surface area contributed by atoms with Crippen molar-refractivity contribution in [2.75, 3.05) is 18.8 Å². The summed E-state index contributed by atoms with van der Waals surface area (Å²) < 4.78 is 0.838. The molecule has 0 aliphatic carbocycles. The molecule has 1 fully saturated rings. The lowest BCUT2D eigenvalue weighted by atomic mass is 9.89. The predicted octanol–water partition coefficient (Wildman–Crippen LogP) is 3.93. The van der Waals surface area contributed by atoms with Crippen LogP contribution in [0.3, 0.4) is 0 Å². The molecule has 2 N–H and O–H groups in total. The van der Waals surface area contributed by atoms with Crippen LogP contribution >= 0.6 is 15.9 Å². The highest BCUT2D eigenvalue weighted by Crippen LogP contribution is 2.26. The monoisotopic (exact) mass is 338 g/mol. The number of anilines is 1. The van der Waals surface area contributed by atoms with Crippen LogP contribution in [0.5, 0.6) is 0 Å². The van der Waals surface area contributed by atoms with Crippen molar-refractivity contribution in [3.8, 4) is 0 Å². The maximum atomic E-state index is 12.5. The fraction of sp³-hybridized carbons (Fsp3) is 0.562. The van der Waals surface area contributed by atoms with Gasteiger partial charge in [0.15, 0.2) is 0 Å². The summed E-state index contributed by atoms with van der Waals surface area (Å²) in [6, 6.07) is 5.45. The summed E-state index contributed by atoms with van der Waals surface area (Å²) in [5, 5.41) is 0. The van der Waals surface area contributed by atoms with Crippen LogP contribution in [0.1, 0.15) is 43.5 Å². The Labute approximate surface area is 129 Å². The average molecular weight is 339 g/mol. The first-order valence-electron chi connectivity index (χ1n) is 7.33. The molecular weight excluding hydrogens is 316 g/mol. The second-order valence-electron chi connectivity index (χ2n) is 5.96. The van der Waals surface area contributed by atoms with Gasteiger partial charge in [0.25, 0.3) is 5.91 Å². The van der Waals surface area contributed by atoms with E-state index in [1.807, 2.05) is 17.0 Å². The lowest BCUT2D eigenvalue weighted by Gasteiger charge is -2.22. The Hall–Kier alpha value is -1.03. The lowest BCUT2D eigenvalue weighted by molar-refractivity contribution is 0.0759. The smallest absolute Gasteiger partial charge is 0.253 e. The van der Waals surface area contributed by atoms with E-state index in [1.165, 1.54) is 6.42 Å². The molecule has 110 valence electrons. The Morgan fingerprint density at radius 3 is 2.75 bits per heavy atom. The van der Waals surface area contributed by atoms with E-state index in [2.05, 4.69) is 29.8 Å². The van der Waals surface area contributed by atoms with Gasteiger partial charge in [-0.25, -0.2) is 0 Å². The van der Waals surface area contributed by atoms with Crippen molar-refractivity contribution in [1.82, 2.24) is 4.90 Å². The lowest BCUT2D eigenvalue weighted by Crippen LogP contribution is -2.32. The molecule has 1 aromatic carbocycles. The molecular formula is C16H23BrN2O. The van der Waals surface area contributed by atoms with E-state index in [4.69, 9.17) is 5.73 Å². The number of nitrogens with two attached hydrogens (primary N) is 1. The molecule has 0 spiro atoms. The third-order valence-electron chi connectivity index (χ3n) is 4.25. The van der Waals surface area contributed by atoms with Crippen LogP contribution in [0.2, 0.25) is 0 Å². The number of carbonyl (C=O) groups excluding carboxylic acids is 1. The SMILES string of the molecule is CC(C)C1CCCN(C(=O)c2ccc(Br)c(N)c2)CC1. The van der Waals surface area contributed by atoms with Gasteiger partial charge >= 0.3 is 0 Å². The minimum absolute atomic E-state index is 0.105. The van der Waals surface area contributed by atoms with E-state index in [0.717, 1.165) is 36.3 Å². The van der Waals surface area contributed by atoms with Gasteiger partial charge in [-0.15, -0.1) is 0 Å². The number of nitrogens with zero attached hydrogens (tertiary/aromatic N) is 1. The second-order valence-corrected chi connectivity index (χ2v) is 6.82. The van der Waals surface area contributed by atoms with Crippen molar-refractivity contribution in [2.24, 2.45) is 11.8 Å². The number of likely N-dealkylation sites (tertiary alicyclic amines) is 1. The van der Waals surface area contributed by atoms with E-state index in [-0.39, 0.29) is 5.91 Å². The zero-order valence-electron chi connectivity index (χ0n) is 12.2. The largest absolute Gasteiger partial charge is 0.398 e. The molecule has 1 aliphatic rings. The topological polar surface area (TPSA) is 46.3 Å². The fourth-order valence-corrected chi connectivity index (χ4v) is 3.10. The molecule has 1 atom stereocenters. The number of hydrogen-bond acceptors (Lipinski definition) is 2. The Morgan fingerprint density at radius 1 is 1.35 bits per heavy atom. The highest BCUT2D eigenvalue weighted by atomic mass is 79.9. The summed E-state index contributed by atoms with van der Waals surface area (Å²) in [6.07, 6.45) is 3.43. The molecule has 0 bridgehead atoms. The summed E-state index contributed by atoms with van der Waals surface area (Å²) in [7, 11) is 0. The molecule has 1 aromatic rings. The van der Waals surface area contributed by atoms with Crippen LogP contribution in [-0.2, 0) is 0 Å². The van der Waals surface area contributed by atoms with Gasteiger partial charge in [-0.3, -0.25) is 4.79 Å². The standard InChI is InChI=1S/C16H23BrN2O/c1-11(2)12-4-3-8-19(9-7-12)16(20)13-5-6-14(17)15(18)10-13/h5-6,10-12H,3-4,7-9,18H2,1-2H3. The number of halogens is 1. The Morgan fingerprint density at radius 2 is 2.10 bits per heavy atom. The van der Waals surface area contributed by atoms with Gasteiger partial charge < -0.3 is 10.6 Å². The van der Waals surface area contributed by atoms with Crippen molar-refractivity contribution < 1.29 is 4.79 Å². The number of hydrogen-bond donors (Lipinski definition) is 1. The normalized spacial score (nSPS) is 20.0. The molecule has 20 heavy (non-hydrogen) atoms. The molecule has 1 unspecified atom stereocenters. The van der Waals surface area contributed by atoms with Crippen LogP contribution in [0, 0.1) is 11.8 Å². The molecule has 1 heterocycles. The van der Waals surface area contributed by atoms with Gasteiger partial charge in [0.1, 0.15) is 0 Å². The molecule has 2 rings (SSSR count). The minimum atomic E-state index is 0.105. The first-order valence-corrected chi connectivity index (χ1v) is 8.12. The number of benzene rings is 1. The molecule has 0 saturated carbocycles.